The van der Waals surface area contributed by atoms with Gasteiger partial charge in [-0.3, -0.25) is 19.7 Å². The second-order valence-electron chi connectivity index (χ2n) is 3.15. The topological polar surface area (TPSA) is 74.9 Å². The van der Waals surface area contributed by atoms with Crippen molar-refractivity contribution in [1.82, 2.24) is 4.68 Å². The molecule has 78 valence electrons. The number of carbonyl (C=O) groups excluding carboxylic acids is 2. The Morgan fingerprint density at radius 2 is 2.33 bits per heavy atom. The van der Waals surface area contributed by atoms with Crippen molar-refractivity contribution in [1.29, 1.82) is 5.26 Å². The molecule has 15 heavy (non-hydrogen) atoms. The lowest BCUT2D eigenvalue weighted by molar-refractivity contribution is -0.116. The van der Waals surface area contributed by atoms with Crippen molar-refractivity contribution in [2.75, 3.05) is 5.43 Å². The van der Waals surface area contributed by atoms with Crippen molar-refractivity contribution >= 4 is 12.2 Å². The van der Waals surface area contributed by atoms with Crippen molar-refractivity contribution in [2.45, 2.75) is 20.3 Å². The molecule has 1 N–H and O–H groups in total. The third-order valence-corrected chi connectivity index (χ3v) is 2.07. The van der Waals surface area contributed by atoms with Gasteiger partial charge in [0.2, 0.25) is 0 Å². The molecule has 0 unspecified atom stereocenters. The van der Waals surface area contributed by atoms with Gasteiger partial charge in [0.1, 0.15) is 6.42 Å². The number of aryl methyl sites for hydroxylation is 1. The number of amides is 1. The van der Waals surface area contributed by atoms with Crippen molar-refractivity contribution in [3.63, 3.8) is 0 Å². The summed E-state index contributed by atoms with van der Waals surface area (Å²) >= 11 is 0. The average molecular weight is 205 g/mol. The summed E-state index contributed by atoms with van der Waals surface area (Å²) in [5.41, 5.74) is 4.47. The van der Waals surface area contributed by atoms with E-state index in [9.17, 15) is 9.59 Å². The third kappa shape index (κ3) is 2.23. The summed E-state index contributed by atoms with van der Waals surface area (Å²) in [6.07, 6.45) is 0.531. The molecule has 0 spiro atoms. The lowest BCUT2D eigenvalue weighted by Crippen LogP contribution is -2.24. The quantitative estimate of drug-likeness (QED) is 0.745. The van der Waals surface area contributed by atoms with E-state index in [1.165, 1.54) is 4.68 Å². The first-order valence-corrected chi connectivity index (χ1v) is 4.41. The number of nitrogens with one attached hydrogen (secondary N) is 1. The SMILES string of the molecule is Cc1cc(C=O)c(C)n1NC(=O)CC#N. The number of hydrogen-bond acceptors (Lipinski definition) is 3. The molecule has 0 saturated heterocycles. The zero-order chi connectivity index (χ0) is 11.4. The van der Waals surface area contributed by atoms with Gasteiger partial charge in [0.25, 0.3) is 5.91 Å². The van der Waals surface area contributed by atoms with Gasteiger partial charge in [-0.15, -0.1) is 0 Å². The molecule has 0 fully saturated rings. The number of aldehydes is 1. The van der Waals surface area contributed by atoms with Crippen LogP contribution in [-0.2, 0) is 4.79 Å². The number of aromatic nitrogens is 1. The van der Waals surface area contributed by atoms with E-state index >= 15 is 0 Å². The molecular formula is C10H11N3O2. The Bertz CT molecular complexity index is 440. The highest BCUT2D eigenvalue weighted by Crippen LogP contribution is 2.10. The Morgan fingerprint density at radius 3 is 2.80 bits per heavy atom. The van der Waals surface area contributed by atoms with Gasteiger partial charge in [-0.05, 0) is 19.9 Å². The first-order valence-electron chi connectivity index (χ1n) is 4.41. The van der Waals surface area contributed by atoms with E-state index < -0.39 is 5.91 Å². The highest BCUT2D eigenvalue weighted by Gasteiger charge is 2.10. The minimum Gasteiger partial charge on any atom is -0.298 e. The van der Waals surface area contributed by atoms with E-state index in [1.54, 1.807) is 26.0 Å². The monoisotopic (exact) mass is 205 g/mol. The van der Waals surface area contributed by atoms with Gasteiger partial charge in [-0.1, -0.05) is 0 Å². The molecule has 0 radical (unpaired) electrons. The van der Waals surface area contributed by atoms with Gasteiger partial charge in [-0.2, -0.15) is 5.26 Å². The number of nitrogens with zero attached hydrogens (tertiary/aromatic N) is 2. The smallest absolute Gasteiger partial charge is 0.253 e. The zero-order valence-corrected chi connectivity index (χ0v) is 8.57. The minimum absolute atomic E-state index is 0.201. The Hall–Kier alpha value is -2.09. The molecule has 1 aromatic rings. The van der Waals surface area contributed by atoms with Crippen molar-refractivity contribution in [3.8, 4) is 6.07 Å². The molecule has 0 aliphatic carbocycles. The van der Waals surface area contributed by atoms with E-state index in [2.05, 4.69) is 5.43 Å². The van der Waals surface area contributed by atoms with E-state index in [4.69, 9.17) is 5.26 Å². The van der Waals surface area contributed by atoms with E-state index in [-0.39, 0.29) is 6.42 Å². The summed E-state index contributed by atoms with van der Waals surface area (Å²) in [5.74, 6) is -0.392. The number of carbonyl (C=O) groups is 2. The molecule has 0 bridgehead atoms. The van der Waals surface area contributed by atoms with Crippen LogP contribution in [0.1, 0.15) is 28.2 Å². The van der Waals surface area contributed by atoms with Crippen LogP contribution in [0.2, 0.25) is 0 Å². The molecule has 1 amide bonds. The molecule has 1 heterocycles. The lowest BCUT2D eigenvalue weighted by atomic mass is 10.3. The van der Waals surface area contributed by atoms with E-state index in [0.29, 0.717) is 11.3 Å². The first-order chi connectivity index (χ1) is 7.10. The maximum absolute atomic E-state index is 11.2. The molecule has 0 saturated carbocycles. The predicted molar refractivity (Wildman–Crippen MR) is 53.9 cm³/mol. The standard InChI is InChI=1S/C10H11N3O2/c1-7-5-9(6-14)8(2)13(7)12-10(15)3-4-11/h5-6H,3H2,1-2H3,(H,12,15). The zero-order valence-electron chi connectivity index (χ0n) is 8.57. The normalized spacial score (nSPS) is 9.40. The van der Waals surface area contributed by atoms with Crippen LogP contribution >= 0.6 is 0 Å². The van der Waals surface area contributed by atoms with Crippen LogP contribution in [0.15, 0.2) is 6.07 Å². The van der Waals surface area contributed by atoms with E-state index in [1.807, 2.05) is 0 Å². The van der Waals surface area contributed by atoms with Crippen LogP contribution in [0.4, 0.5) is 0 Å². The summed E-state index contributed by atoms with van der Waals surface area (Å²) in [6.45, 7) is 3.50. The van der Waals surface area contributed by atoms with Crippen molar-refractivity contribution in [2.24, 2.45) is 0 Å². The molecule has 1 aromatic heterocycles. The van der Waals surface area contributed by atoms with Crippen molar-refractivity contribution < 1.29 is 9.59 Å². The second kappa shape index (κ2) is 4.42. The minimum atomic E-state index is -0.392. The number of rotatable bonds is 3. The largest absolute Gasteiger partial charge is 0.298 e. The Morgan fingerprint density at radius 1 is 1.67 bits per heavy atom. The van der Waals surface area contributed by atoms with E-state index in [0.717, 1.165) is 12.0 Å². The van der Waals surface area contributed by atoms with Gasteiger partial charge in [0, 0.05) is 17.0 Å². The van der Waals surface area contributed by atoms with Gasteiger partial charge in [0.05, 0.1) is 6.07 Å². The predicted octanol–water partition coefficient (Wildman–Crippen LogP) is 0.901. The van der Waals surface area contributed by atoms with Crippen LogP contribution in [0.3, 0.4) is 0 Å². The fourth-order valence-electron chi connectivity index (χ4n) is 1.32. The number of hydrogen-bond donors (Lipinski definition) is 1. The molecule has 1 rings (SSSR count). The maximum atomic E-state index is 11.2. The third-order valence-electron chi connectivity index (χ3n) is 2.07. The maximum Gasteiger partial charge on any atom is 0.253 e. The highest BCUT2D eigenvalue weighted by molar-refractivity contribution is 5.86. The molecule has 5 heteroatoms. The summed E-state index contributed by atoms with van der Waals surface area (Å²) in [4.78, 5) is 21.8. The van der Waals surface area contributed by atoms with Crippen LogP contribution in [0, 0.1) is 25.2 Å². The van der Waals surface area contributed by atoms with Gasteiger partial charge in [0.15, 0.2) is 6.29 Å². The molecule has 0 aliphatic rings. The van der Waals surface area contributed by atoms with Crippen LogP contribution in [0.5, 0.6) is 0 Å². The molecule has 0 aliphatic heterocycles. The Labute approximate surface area is 87.3 Å². The molecule has 5 nitrogen and oxygen atoms in total. The van der Waals surface area contributed by atoms with Crippen LogP contribution in [0.25, 0.3) is 0 Å². The second-order valence-corrected chi connectivity index (χ2v) is 3.15. The fraction of sp³-hybridized carbons (Fsp3) is 0.300. The summed E-state index contributed by atoms with van der Waals surface area (Å²) in [5, 5.41) is 8.33. The van der Waals surface area contributed by atoms with Gasteiger partial charge >= 0.3 is 0 Å². The summed E-state index contributed by atoms with van der Waals surface area (Å²) in [7, 11) is 0. The molecule has 0 aromatic carbocycles. The molecule has 0 atom stereocenters. The first kappa shape index (κ1) is 11.0. The van der Waals surface area contributed by atoms with Gasteiger partial charge in [-0.25, -0.2) is 0 Å². The Kier molecular flexibility index (Phi) is 3.24. The van der Waals surface area contributed by atoms with Crippen LogP contribution in [-0.4, -0.2) is 16.9 Å². The summed E-state index contributed by atoms with van der Waals surface area (Å²) in [6, 6.07) is 3.43. The average Bonchev–Trinajstić information content (AvgIpc) is 2.45. The Balaban J connectivity index is 2.95. The fourth-order valence-corrected chi connectivity index (χ4v) is 1.32. The molecular weight excluding hydrogens is 194 g/mol. The van der Waals surface area contributed by atoms with Gasteiger partial charge < -0.3 is 0 Å². The lowest BCUT2D eigenvalue weighted by Gasteiger charge is -2.09. The highest BCUT2D eigenvalue weighted by atomic mass is 16.2. The number of nitriles is 1. The van der Waals surface area contributed by atoms with Crippen LogP contribution < -0.4 is 5.43 Å². The van der Waals surface area contributed by atoms with Crippen molar-refractivity contribution in [3.05, 3.63) is 23.0 Å². The summed E-state index contributed by atoms with van der Waals surface area (Å²) < 4.78 is 1.50.